The Morgan fingerprint density at radius 2 is 1.47 bits per heavy atom. The van der Waals surface area contributed by atoms with Gasteiger partial charge in [0.25, 0.3) is 17.7 Å². The summed E-state index contributed by atoms with van der Waals surface area (Å²) in [6, 6.07) is 18.6. The van der Waals surface area contributed by atoms with Crippen molar-refractivity contribution >= 4 is 52.5 Å². The Balaban J connectivity index is 0.868. The molecular formula is C42H47ClN6O6. The van der Waals surface area contributed by atoms with E-state index in [0.717, 1.165) is 54.9 Å². The first kappa shape index (κ1) is 39.3. The second kappa shape index (κ2) is 16.1. The van der Waals surface area contributed by atoms with Crippen LogP contribution in [0.4, 0.5) is 11.4 Å². The van der Waals surface area contributed by atoms with Crippen LogP contribution in [-0.2, 0) is 9.59 Å². The molecule has 0 radical (unpaired) electrons. The number of rotatable bonds is 15. The molecule has 1 atom stereocenters. The molecule has 2 fully saturated rings. The Bertz CT molecular complexity index is 2020. The van der Waals surface area contributed by atoms with Crippen molar-refractivity contribution in [2.24, 2.45) is 10.8 Å². The number of ether oxygens (including phenoxy) is 1. The largest absolute Gasteiger partial charge is 0.489 e. The Hall–Kier alpha value is -5.41. The number of fused-ring (bicyclic) bond motifs is 1. The highest BCUT2D eigenvalue weighted by molar-refractivity contribution is 6.31. The number of piperidine rings is 1. The van der Waals surface area contributed by atoms with Gasteiger partial charge in [0.05, 0.1) is 21.7 Å². The third-order valence-electron chi connectivity index (χ3n) is 11.0. The van der Waals surface area contributed by atoms with Gasteiger partial charge in [-0.15, -0.1) is 0 Å². The maximum Gasteiger partial charge on any atom is 0.262 e. The Morgan fingerprint density at radius 3 is 2.11 bits per heavy atom. The minimum absolute atomic E-state index is 0.0849. The summed E-state index contributed by atoms with van der Waals surface area (Å²) in [6.07, 6.45) is 5.15. The molecule has 3 aliphatic rings. The summed E-state index contributed by atoms with van der Waals surface area (Å²) in [5.41, 5.74) is 2.49. The number of nitrogens with zero attached hydrogens (tertiary/aromatic N) is 2. The summed E-state index contributed by atoms with van der Waals surface area (Å²) < 4.78 is 6.34. The molecule has 5 amide bonds. The summed E-state index contributed by atoms with van der Waals surface area (Å²) >= 11 is 6.22. The topological polar surface area (TPSA) is 170 Å². The van der Waals surface area contributed by atoms with Crippen LogP contribution in [0.1, 0.15) is 109 Å². The van der Waals surface area contributed by atoms with Crippen molar-refractivity contribution in [2.45, 2.75) is 90.8 Å². The van der Waals surface area contributed by atoms with E-state index in [1.165, 1.54) is 0 Å². The number of carbonyl (C=O) groups is 5. The van der Waals surface area contributed by atoms with Crippen molar-refractivity contribution in [1.29, 1.82) is 5.26 Å². The van der Waals surface area contributed by atoms with Crippen LogP contribution in [0.2, 0.25) is 5.02 Å². The summed E-state index contributed by atoms with van der Waals surface area (Å²) in [7, 11) is 0. The molecule has 1 saturated heterocycles. The lowest BCUT2D eigenvalue weighted by atomic mass is 9.49. The minimum Gasteiger partial charge on any atom is -0.489 e. The maximum absolute atomic E-state index is 13.3. The van der Waals surface area contributed by atoms with E-state index in [9.17, 15) is 29.2 Å². The molecule has 55 heavy (non-hydrogen) atoms. The van der Waals surface area contributed by atoms with Gasteiger partial charge in [0.15, 0.2) is 0 Å². The molecule has 4 N–H and O–H groups in total. The van der Waals surface area contributed by atoms with E-state index >= 15 is 0 Å². The number of hydrogen-bond acceptors (Lipinski definition) is 9. The van der Waals surface area contributed by atoms with Gasteiger partial charge in [-0.2, -0.15) is 5.26 Å². The third kappa shape index (κ3) is 8.17. The maximum atomic E-state index is 13.3. The Morgan fingerprint density at radius 1 is 0.855 bits per heavy atom. The number of hydrogen-bond donors (Lipinski definition) is 4. The fourth-order valence-corrected chi connectivity index (χ4v) is 8.59. The van der Waals surface area contributed by atoms with Gasteiger partial charge in [-0.3, -0.25) is 34.2 Å². The average Bonchev–Trinajstić information content (AvgIpc) is 3.40. The molecule has 0 aromatic heterocycles. The van der Waals surface area contributed by atoms with E-state index in [0.29, 0.717) is 28.4 Å². The second-order valence-electron chi connectivity index (χ2n) is 15.7. The van der Waals surface area contributed by atoms with E-state index in [2.05, 4.69) is 55.0 Å². The van der Waals surface area contributed by atoms with Crippen molar-refractivity contribution in [3.05, 3.63) is 87.9 Å². The Kier molecular flexibility index (Phi) is 11.5. The lowest BCUT2D eigenvalue weighted by Crippen LogP contribution is -2.74. The highest BCUT2D eigenvalue weighted by Gasteiger charge is 2.64. The normalized spacial score (nSPS) is 20.9. The van der Waals surface area contributed by atoms with Gasteiger partial charge in [-0.05, 0) is 73.9 Å². The van der Waals surface area contributed by atoms with Crippen LogP contribution in [-0.4, -0.2) is 65.7 Å². The number of nitriles is 1. The third-order valence-corrected chi connectivity index (χ3v) is 11.3. The molecule has 0 bridgehead atoms. The van der Waals surface area contributed by atoms with Gasteiger partial charge in [0, 0.05) is 59.4 Å². The zero-order valence-corrected chi connectivity index (χ0v) is 32.3. The van der Waals surface area contributed by atoms with Crippen LogP contribution in [0.25, 0.3) is 0 Å². The average molecular weight is 767 g/mol. The van der Waals surface area contributed by atoms with Crippen molar-refractivity contribution in [2.75, 3.05) is 23.7 Å². The van der Waals surface area contributed by atoms with Gasteiger partial charge >= 0.3 is 0 Å². The van der Waals surface area contributed by atoms with Crippen LogP contribution in [0, 0.1) is 22.2 Å². The van der Waals surface area contributed by atoms with Gasteiger partial charge in [0.1, 0.15) is 24.0 Å². The van der Waals surface area contributed by atoms with Crippen molar-refractivity contribution in [3.8, 4) is 11.8 Å². The predicted molar refractivity (Wildman–Crippen MR) is 209 cm³/mol. The number of carbonyl (C=O) groups excluding carboxylic acids is 5. The van der Waals surface area contributed by atoms with E-state index in [1.54, 1.807) is 36.4 Å². The molecule has 2 heterocycles. The molecule has 6 rings (SSSR count). The minimum atomic E-state index is -0.977. The quantitative estimate of drug-likeness (QED) is 0.0972. The second-order valence-corrected chi connectivity index (χ2v) is 16.1. The lowest BCUT2D eigenvalue weighted by Gasteiger charge is -2.63. The van der Waals surface area contributed by atoms with Crippen molar-refractivity contribution in [3.63, 3.8) is 0 Å². The first-order valence-electron chi connectivity index (χ1n) is 18.8. The zero-order valence-electron chi connectivity index (χ0n) is 31.6. The van der Waals surface area contributed by atoms with E-state index in [-0.39, 0.29) is 52.9 Å². The van der Waals surface area contributed by atoms with Gasteiger partial charge in [-0.25, -0.2) is 0 Å². The number of benzene rings is 3. The van der Waals surface area contributed by atoms with Crippen LogP contribution in [0.3, 0.4) is 0 Å². The number of nitrogens with one attached hydrogen (secondary N) is 4. The number of imide groups is 2. The van der Waals surface area contributed by atoms with E-state index < -0.39 is 29.7 Å². The van der Waals surface area contributed by atoms with Crippen molar-refractivity contribution < 1.29 is 28.7 Å². The van der Waals surface area contributed by atoms with Gasteiger partial charge in [-0.1, -0.05) is 58.6 Å². The number of halogens is 1. The molecule has 3 aromatic carbocycles. The smallest absolute Gasteiger partial charge is 0.262 e. The summed E-state index contributed by atoms with van der Waals surface area (Å²) in [5.74, 6) is -1.59. The fourth-order valence-electron chi connectivity index (χ4n) is 8.38. The molecule has 12 nitrogen and oxygen atoms in total. The molecule has 2 aliphatic heterocycles. The summed E-state index contributed by atoms with van der Waals surface area (Å²) in [5, 5.41) is 21.7. The van der Waals surface area contributed by atoms with E-state index in [1.807, 2.05) is 24.3 Å². The predicted octanol–water partition coefficient (Wildman–Crippen LogP) is 6.70. The monoisotopic (exact) mass is 766 g/mol. The molecule has 1 saturated carbocycles. The van der Waals surface area contributed by atoms with Crippen molar-refractivity contribution in [1.82, 2.24) is 15.5 Å². The molecule has 288 valence electrons. The van der Waals surface area contributed by atoms with Crippen LogP contribution >= 0.6 is 11.6 Å². The standard InChI is InChI=1S/C42H47ClN6O6/c1-41(2)39(42(3,4)40(41)55-29-16-12-26(24-44)32(43)23-29)48-35(51)25-10-13-27(14-11-25)45-20-8-6-5-7-9-21-46-28-15-17-30-31(22-28)38(54)49(37(30)53)33-18-19-34(50)47-36(33)52/h10-17,22-23,33,39-40,45-46H,5-9,18-21H2,1-4H3,(H,48,51)(H,47,50,52). The molecule has 3 aromatic rings. The first-order valence-corrected chi connectivity index (χ1v) is 19.2. The van der Waals surface area contributed by atoms with Crippen LogP contribution < -0.4 is 26.0 Å². The summed E-state index contributed by atoms with van der Waals surface area (Å²) in [4.78, 5) is 64.0. The van der Waals surface area contributed by atoms with Crippen LogP contribution in [0.15, 0.2) is 60.7 Å². The molecule has 1 aliphatic carbocycles. The lowest BCUT2D eigenvalue weighted by molar-refractivity contribution is -0.164. The number of unbranched alkanes of at least 4 members (excludes halogenated alkanes) is 4. The Labute approximate surface area is 326 Å². The first-order chi connectivity index (χ1) is 26.2. The number of anilines is 2. The molecule has 13 heteroatoms. The van der Waals surface area contributed by atoms with E-state index in [4.69, 9.17) is 16.3 Å². The zero-order chi connectivity index (χ0) is 39.5. The highest BCUT2D eigenvalue weighted by Crippen LogP contribution is 2.55. The number of amides is 5. The van der Waals surface area contributed by atoms with Crippen LogP contribution in [0.5, 0.6) is 5.75 Å². The summed E-state index contributed by atoms with van der Waals surface area (Å²) in [6.45, 7) is 9.85. The fraction of sp³-hybridized carbons (Fsp3) is 0.429. The molecule has 0 spiro atoms. The van der Waals surface area contributed by atoms with Gasteiger partial charge < -0.3 is 20.7 Å². The molecule has 1 unspecified atom stereocenters. The SMILES string of the molecule is CC1(C)C(NC(=O)c2ccc(NCCCCCCCNc3ccc4c(c3)C(=O)N(C3CCC(=O)NC3=O)C4=O)cc2)C(C)(C)C1Oc1ccc(C#N)c(Cl)c1. The van der Waals surface area contributed by atoms with Gasteiger partial charge in [0.2, 0.25) is 11.8 Å². The highest BCUT2D eigenvalue weighted by atomic mass is 35.5. The molecular weight excluding hydrogens is 720 g/mol.